The largest absolute Gasteiger partial charge is 0.490 e. The van der Waals surface area contributed by atoms with Crippen LogP contribution in [0, 0.1) is 0 Å². The Morgan fingerprint density at radius 2 is 1.96 bits per heavy atom. The summed E-state index contributed by atoms with van der Waals surface area (Å²) in [7, 11) is 0. The third kappa shape index (κ3) is 4.59. The van der Waals surface area contributed by atoms with Crippen molar-refractivity contribution in [3.8, 4) is 11.6 Å². The van der Waals surface area contributed by atoms with Crippen molar-refractivity contribution in [2.75, 3.05) is 19.7 Å². The van der Waals surface area contributed by atoms with Crippen LogP contribution >= 0.6 is 0 Å². The van der Waals surface area contributed by atoms with Gasteiger partial charge in [0.1, 0.15) is 18.5 Å². The maximum absolute atomic E-state index is 12.6. The number of carbonyl (C=O) groups is 1. The number of rotatable bonds is 6. The van der Waals surface area contributed by atoms with E-state index in [9.17, 15) is 4.79 Å². The lowest BCUT2D eigenvalue weighted by atomic mass is 10.1. The number of pyridine rings is 1. The van der Waals surface area contributed by atoms with Crippen molar-refractivity contribution < 1.29 is 14.3 Å². The first kappa shape index (κ1) is 17.0. The van der Waals surface area contributed by atoms with Gasteiger partial charge < -0.3 is 14.4 Å². The zero-order chi connectivity index (χ0) is 17.5. The summed E-state index contributed by atoms with van der Waals surface area (Å²) < 4.78 is 11.3. The molecule has 3 rings (SSSR count). The van der Waals surface area contributed by atoms with Crippen molar-refractivity contribution in [3.05, 3.63) is 66.9 Å². The molecule has 0 unspecified atom stereocenters. The molecule has 2 aromatic rings. The van der Waals surface area contributed by atoms with Gasteiger partial charge in [0.15, 0.2) is 0 Å². The number of carbonyl (C=O) groups excluding carboxylic acids is 1. The minimum absolute atomic E-state index is 0.0477. The monoisotopic (exact) mass is 338 g/mol. The van der Waals surface area contributed by atoms with Gasteiger partial charge in [-0.3, -0.25) is 4.79 Å². The lowest BCUT2D eigenvalue weighted by Crippen LogP contribution is -2.41. The predicted molar refractivity (Wildman–Crippen MR) is 95.9 cm³/mol. The van der Waals surface area contributed by atoms with Crippen LogP contribution in [-0.4, -0.2) is 41.6 Å². The summed E-state index contributed by atoms with van der Waals surface area (Å²) in [6, 6.07) is 12.9. The van der Waals surface area contributed by atoms with Crippen LogP contribution in [-0.2, 0) is 0 Å². The molecule has 130 valence electrons. The Hall–Kier alpha value is -2.82. The van der Waals surface area contributed by atoms with Gasteiger partial charge in [-0.15, -0.1) is 0 Å². The summed E-state index contributed by atoms with van der Waals surface area (Å²) in [5.41, 5.74) is 0.676. The number of hydrogen-bond acceptors (Lipinski definition) is 4. The Labute approximate surface area is 147 Å². The zero-order valence-electron chi connectivity index (χ0n) is 14.1. The number of hydrogen-bond donors (Lipinski definition) is 0. The van der Waals surface area contributed by atoms with E-state index < -0.39 is 0 Å². The van der Waals surface area contributed by atoms with Crippen molar-refractivity contribution in [2.24, 2.45) is 0 Å². The molecule has 0 radical (unpaired) electrons. The fourth-order valence-electron chi connectivity index (χ4n) is 2.80. The van der Waals surface area contributed by atoms with Crippen molar-refractivity contribution in [2.45, 2.75) is 18.9 Å². The van der Waals surface area contributed by atoms with E-state index in [4.69, 9.17) is 9.47 Å². The molecule has 0 atom stereocenters. The Kier molecular flexibility index (Phi) is 5.67. The molecular formula is C20H22N2O3. The number of ether oxygens (including phenoxy) is 2. The van der Waals surface area contributed by atoms with Crippen LogP contribution in [0.25, 0.3) is 0 Å². The van der Waals surface area contributed by atoms with Crippen molar-refractivity contribution >= 4 is 5.91 Å². The molecule has 5 heteroatoms. The van der Waals surface area contributed by atoms with Gasteiger partial charge in [-0.25, -0.2) is 4.98 Å². The van der Waals surface area contributed by atoms with Gasteiger partial charge in [-0.1, -0.05) is 18.7 Å². The van der Waals surface area contributed by atoms with E-state index in [-0.39, 0.29) is 12.0 Å². The van der Waals surface area contributed by atoms with Crippen LogP contribution in [0.1, 0.15) is 23.2 Å². The van der Waals surface area contributed by atoms with E-state index >= 15 is 0 Å². The number of aromatic nitrogens is 1. The molecule has 1 saturated heterocycles. The lowest BCUT2D eigenvalue weighted by molar-refractivity contribution is 0.0588. The second-order valence-electron chi connectivity index (χ2n) is 5.90. The Morgan fingerprint density at radius 1 is 1.20 bits per heavy atom. The van der Waals surface area contributed by atoms with Gasteiger partial charge in [-0.2, -0.15) is 0 Å². The molecule has 0 N–H and O–H groups in total. The number of amides is 1. The first-order chi connectivity index (χ1) is 12.3. The summed E-state index contributed by atoms with van der Waals surface area (Å²) in [4.78, 5) is 18.7. The first-order valence-electron chi connectivity index (χ1n) is 8.47. The quantitative estimate of drug-likeness (QED) is 0.758. The van der Waals surface area contributed by atoms with Gasteiger partial charge in [0, 0.05) is 43.8 Å². The standard InChI is InChI=1S/C20H22N2O3/c1-2-15-24-17-8-6-16(7-9-17)20(23)22-13-10-18(11-14-22)25-19-5-3-4-12-21-19/h2-9,12,18H,1,10-11,13-15H2. The fraction of sp³-hybridized carbons (Fsp3) is 0.300. The minimum Gasteiger partial charge on any atom is -0.490 e. The van der Waals surface area contributed by atoms with Gasteiger partial charge in [-0.05, 0) is 30.3 Å². The minimum atomic E-state index is 0.0477. The predicted octanol–water partition coefficient (Wildman–Crippen LogP) is 3.33. The highest BCUT2D eigenvalue weighted by atomic mass is 16.5. The maximum atomic E-state index is 12.6. The normalized spacial score (nSPS) is 14.8. The summed E-state index contributed by atoms with van der Waals surface area (Å²) in [5.74, 6) is 1.42. The van der Waals surface area contributed by atoms with Crippen LogP contribution < -0.4 is 9.47 Å². The van der Waals surface area contributed by atoms with Gasteiger partial charge in [0.05, 0.1) is 0 Å². The second kappa shape index (κ2) is 8.33. The van der Waals surface area contributed by atoms with E-state index in [1.807, 2.05) is 35.2 Å². The smallest absolute Gasteiger partial charge is 0.253 e. The first-order valence-corrected chi connectivity index (χ1v) is 8.47. The molecule has 1 aliphatic heterocycles. The fourth-order valence-corrected chi connectivity index (χ4v) is 2.80. The molecule has 1 aromatic heterocycles. The number of piperidine rings is 1. The highest BCUT2D eigenvalue weighted by molar-refractivity contribution is 5.94. The molecule has 1 aliphatic rings. The molecule has 1 aromatic carbocycles. The average Bonchev–Trinajstić information content (AvgIpc) is 2.68. The molecule has 2 heterocycles. The summed E-state index contributed by atoms with van der Waals surface area (Å²) in [6.45, 7) is 5.44. The summed E-state index contributed by atoms with van der Waals surface area (Å²) >= 11 is 0. The Morgan fingerprint density at radius 3 is 2.60 bits per heavy atom. The molecule has 1 fully saturated rings. The van der Waals surface area contributed by atoms with Crippen molar-refractivity contribution in [1.82, 2.24) is 9.88 Å². The van der Waals surface area contributed by atoms with Crippen molar-refractivity contribution in [1.29, 1.82) is 0 Å². The van der Waals surface area contributed by atoms with Crippen LogP contribution in [0.15, 0.2) is 61.3 Å². The lowest BCUT2D eigenvalue weighted by Gasteiger charge is -2.32. The Balaban J connectivity index is 1.51. The highest BCUT2D eigenvalue weighted by Gasteiger charge is 2.24. The third-order valence-corrected chi connectivity index (χ3v) is 4.12. The van der Waals surface area contributed by atoms with Crippen LogP contribution in [0.3, 0.4) is 0 Å². The van der Waals surface area contributed by atoms with E-state index in [2.05, 4.69) is 11.6 Å². The van der Waals surface area contributed by atoms with Crippen LogP contribution in [0.5, 0.6) is 11.6 Å². The number of benzene rings is 1. The number of nitrogens with zero attached hydrogens (tertiary/aromatic N) is 2. The van der Waals surface area contributed by atoms with Crippen LogP contribution in [0.2, 0.25) is 0 Å². The zero-order valence-corrected chi connectivity index (χ0v) is 14.1. The molecule has 0 aliphatic carbocycles. The SMILES string of the molecule is C=CCOc1ccc(C(=O)N2CCC(Oc3ccccn3)CC2)cc1. The Bertz CT molecular complexity index is 693. The number of likely N-dealkylation sites (tertiary alicyclic amines) is 1. The summed E-state index contributed by atoms with van der Waals surface area (Å²) in [6.07, 6.45) is 5.13. The van der Waals surface area contributed by atoms with Gasteiger partial charge in [0.25, 0.3) is 5.91 Å². The topological polar surface area (TPSA) is 51.7 Å². The molecule has 0 spiro atoms. The van der Waals surface area contributed by atoms with Crippen LogP contribution in [0.4, 0.5) is 0 Å². The van der Waals surface area contributed by atoms with Gasteiger partial charge >= 0.3 is 0 Å². The molecular weight excluding hydrogens is 316 g/mol. The average molecular weight is 338 g/mol. The highest BCUT2D eigenvalue weighted by Crippen LogP contribution is 2.20. The summed E-state index contributed by atoms with van der Waals surface area (Å²) in [5, 5.41) is 0. The third-order valence-electron chi connectivity index (χ3n) is 4.12. The molecule has 0 saturated carbocycles. The van der Waals surface area contributed by atoms with E-state index in [0.717, 1.165) is 18.6 Å². The van der Waals surface area contributed by atoms with Crippen molar-refractivity contribution in [3.63, 3.8) is 0 Å². The molecule has 1 amide bonds. The van der Waals surface area contributed by atoms with Gasteiger partial charge in [0.2, 0.25) is 5.88 Å². The van der Waals surface area contributed by atoms with E-state index in [0.29, 0.717) is 31.1 Å². The molecule has 5 nitrogen and oxygen atoms in total. The van der Waals surface area contributed by atoms with E-state index in [1.165, 1.54) is 0 Å². The maximum Gasteiger partial charge on any atom is 0.253 e. The molecule has 25 heavy (non-hydrogen) atoms. The second-order valence-corrected chi connectivity index (χ2v) is 5.90. The van der Waals surface area contributed by atoms with E-state index in [1.54, 1.807) is 24.4 Å². The molecule has 0 bridgehead atoms.